The second-order valence-corrected chi connectivity index (χ2v) is 17.0. The standard InChI is InChI=1S/C45H58N10O9/c1-27(2)40(51-39(59)26-54-20-18-53(19-21-54)17-16-47-24-31-36(56)22-29(23-37(31)57)28-8-4-3-5-9-28)43(62)50-34(12-7-15-48-45(46)64)41(60)49-33-11-6-10-30-32(33)25-55(44(30)63)35-13-14-38(58)52-42(35)61/h3-6,8-11,24,27,29,34-35,40,56H,7,12-23,25-26H2,1-2H3,(H,49,60)(H,50,62)(H,51,59)(H3,46,48,64)(H,52,58,61)/t29?,34-,35?,40-/m0/s1. The average Bonchev–Trinajstić information content (AvgIpc) is 3.60. The van der Waals surface area contributed by atoms with Crippen LogP contribution in [-0.2, 0) is 35.3 Å². The van der Waals surface area contributed by atoms with Crippen LogP contribution in [0, 0.1) is 5.92 Å². The van der Waals surface area contributed by atoms with Crippen LogP contribution in [0.1, 0.15) is 79.8 Å². The molecular formula is C45H58N10O9. The van der Waals surface area contributed by atoms with Crippen molar-refractivity contribution in [3.05, 3.63) is 76.6 Å². The van der Waals surface area contributed by atoms with Gasteiger partial charge in [-0.1, -0.05) is 50.2 Å². The van der Waals surface area contributed by atoms with Crippen molar-refractivity contribution in [3.8, 4) is 0 Å². The number of aliphatic hydroxyl groups excluding tert-OH is 1. The lowest BCUT2D eigenvalue weighted by Gasteiger charge is -2.34. The topological polar surface area (TPSA) is 265 Å². The zero-order valence-electron chi connectivity index (χ0n) is 36.3. The van der Waals surface area contributed by atoms with Crippen molar-refractivity contribution < 1.29 is 43.5 Å². The van der Waals surface area contributed by atoms with Gasteiger partial charge in [0.2, 0.25) is 29.5 Å². The number of anilines is 1. The molecule has 0 saturated carbocycles. The monoisotopic (exact) mass is 882 g/mol. The number of carbonyl (C=O) groups excluding carboxylic acids is 8. The second-order valence-electron chi connectivity index (χ2n) is 17.0. The van der Waals surface area contributed by atoms with E-state index in [9.17, 15) is 43.5 Å². The Bertz CT molecular complexity index is 2170. The number of fused-ring (bicyclic) bond motifs is 1. The number of piperazine rings is 1. The summed E-state index contributed by atoms with van der Waals surface area (Å²) in [5, 5.41) is 23.8. The summed E-state index contributed by atoms with van der Waals surface area (Å²) < 4.78 is 0. The van der Waals surface area contributed by atoms with Crippen LogP contribution in [0.2, 0.25) is 0 Å². The number of piperidine rings is 1. The third kappa shape index (κ3) is 12.2. The Labute approximate surface area is 371 Å². The maximum Gasteiger partial charge on any atom is 0.312 e. The number of urea groups is 1. The maximum atomic E-state index is 13.9. The van der Waals surface area contributed by atoms with E-state index >= 15 is 0 Å². The number of aliphatic imine (C=N–C) groups is 1. The fourth-order valence-corrected chi connectivity index (χ4v) is 8.47. The number of nitrogens with zero attached hydrogens (tertiary/aromatic N) is 4. The summed E-state index contributed by atoms with van der Waals surface area (Å²) in [5.41, 5.74) is 7.60. The first-order chi connectivity index (χ1) is 30.7. The fraction of sp³-hybridized carbons (Fsp3) is 0.489. The quantitative estimate of drug-likeness (QED) is 0.0634. The molecule has 4 atom stereocenters. The summed E-state index contributed by atoms with van der Waals surface area (Å²) in [7, 11) is 0. The first-order valence-corrected chi connectivity index (χ1v) is 21.8. The van der Waals surface area contributed by atoms with Gasteiger partial charge in [-0.3, -0.25) is 53.7 Å². The molecule has 64 heavy (non-hydrogen) atoms. The molecule has 19 heteroatoms. The molecule has 4 aliphatic rings. The Hall–Kier alpha value is -6.47. The van der Waals surface area contributed by atoms with E-state index in [0.717, 1.165) is 5.56 Å². The summed E-state index contributed by atoms with van der Waals surface area (Å²) in [4.78, 5) is 113. The first-order valence-electron chi connectivity index (χ1n) is 21.8. The molecule has 0 aromatic heterocycles. The lowest BCUT2D eigenvalue weighted by molar-refractivity contribution is -0.137. The van der Waals surface area contributed by atoms with Crippen LogP contribution < -0.4 is 32.3 Å². The molecular weight excluding hydrogens is 825 g/mol. The van der Waals surface area contributed by atoms with Gasteiger partial charge in [0, 0.05) is 88.1 Å². The Kier molecular flexibility index (Phi) is 16.0. The fourth-order valence-electron chi connectivity index (χ4n) is 8.47. The van der Waals surface area contributed by atoms with Gasteiger partial charge in [0.05, 0.1) is 18.7 Å². The Balaban J connectivity index is 0.991. The molecule has 8 amide bonds. The van der Waals surface area contributed by atoms with Gasteiger partial charge in [-0.25, -0.2) is 4.79 Å². The van der Waals surface area contributed by atoms with E-state index in [1.807, 2.05) is 35.2 Å². The summed E-state index contributed by atoms with van der Waals surface area (Å²) in [6.45, 7) is 7.40. The van der Waals surface area contributed by atoms with Crippen LogP contribution in [0.4, 0.5) is 10.5 Å². The Morgan fingerprint density at radius 2 is 1.67 bits per heavy atom. The van der Waals surface area contributed by atoms with Gasteiger partial charge in [-0.15, -0.1) is 0 Å². The molecule has 2 aromatic rings. The van der Waals surface area contributed by atoms with Crippen molar-refractivity contribution in [1.82, 2.24) is 36.0 Å². The summed E-state index contributed by atoms with van der Waals surface area (Å²) in [6, 6.07) is 10.8. The molecule has 2 aromatic carbocycles. The molecule has 342 valence electrons. The predicted octanol–water partition coefficient (Wildman–Crippen LogP) is 1.11. The highest BCUT2D eigenvalue weighted by Gasteiger charge is 2.40. The lowest BCUT2D eigenvalue weighted by atomic mass is 9.83. The highest BCUT2D eigenvalue weighted by Crippen LogP contribution is 2.34. The van der Waals surface area contributed by atoms with Crippen LogP contribution in [0.5, 0.6) is 0 Å². The lowest BCUT2D eigenvalue weighted by Crippen LogP contribution is -2.56. The summed E-state index contributed by atoms with van der Waals surface area (Å²) in [5.74, 6) is -3.38. The number of benzene rings is 2. The zero-order valence-corrected chi connectivity index (χ0v) is 36.3. The smallest absolute Gasteiger partial charge is 0.312 e. The van der Waals surface area contributed by atoms with Gasteiger partial charge in [-0.2, -0.15) is 0 Å². The number of primary amides is 1. The van der Waals surface area contributed by atoms with Gasteiger partial charge in [0.1, 0.15) is 23.9 Å². The van der Waals surface area contributed by atoms with Crippen molar-refractivity contribution in [2.45, 2.75) is 83.0 Å². The first kappa shape index (κ1) is 47.0. The van der Waals surface area contributed by atoms with Crippen molar-refractivity contribution >= 4 is 59.2 Å². The molecule has 0 radical (unpaired) electrons. The number of aliphatic hydroxyl groups is 1. The number of carbonyl (C=O) groups is 8. The molecule has 1 aliphatic carbocycles. The molecule has 8 N–H and O–H groups in total. The van der Waals surface area contributed by atoms with Crippen LogP contribution in [-0.4, -0.2) is 144 Å². The van der Waals surface area contributed by atoms with E-state index in [-0.39, 0.29) is 80.2 Å². The summed E-state index contributed by atoms with van der Waals surface area (Å²) >= 11 is 0. The van der Waals surface area contributed by atoms with Gasteiger partial charge >= 0.3 is 6.03 Å². The summed E-state index contributed by atoms with van der Waals surface area (Å²) in [6.07, 6.45) is 2.82. The van der Waals surface area contributed by atoms with Gasteiger partial charge in [-0.05, 0) is 48.8 Å². The normalized spacial score (nSPS) is 20.5. The molecule has 2 saturated heterocycles. The number of imide groups is 1. The van der Waals surface area contributed by atoms with Gasteiger partial charge in [0.15, 0.2) is 5.78 Å². The molecule has 2 fully saturated rings. The second kappa shape index (κ2) is 21.7. The number of ketones is 1. The molecule has 6 rings (SSSR count). The third-order valence-electron chi connectivity index (χ3n) is 12.1. The number of hydrogen-bond donors (Lipinski definition) is 7. The zero-order chi connectivity index (χ0) is 45.9. The molecule has 19 nitrogen and oxygen atoms in total. The van der Waals surface area contributed by atoms with Crippen molar-refractivity contribution in [3.63, 3.8) is 0 Å². The number of amides is 8. The SMILES string of the molecule is CC(C)[C@H](NC(=O)CN1CCN(CCN=CC2=C(O)CC(c3ccccc3)CC2=O)CC1)C(=O)N[C@@H](CCCNC(N)=O)C(=O)Nc1cccc2c1CN(C1CCC(=O)NC1=O)C2=O. The number of Topliss-reactive ketones (excluding diaryl/α,β-unsaturated/α-hetero) is 1. The Morgan fingerprint density at radius 3 is 2.36 bits per heavy atom. The van der Waals surface area contributed by atoms with Crippen LogP contribution in [0.15, 0.2) is 64.9 Å². The van der Waals surface area contributed by atoms with Crippen molar-refractivity contribution in [1.29, 1.82) is 0 Å². The highest BCUT2D eigenvalue weighted by molar-refractivity contribution is 6.14. The van der Waals surface area contributed by atoms with E-state index in [1.165, 1.54) is 11.1 Å². The number of allylic oxidation sites excluding steroid dienone is 2. The van der Waals surface area contributed by atoms with E-state index in [1.54, 1.807) is 32.0 Å². The predicted molar refractivity (Wildman–Crippen MR) is 236 cm³/mol. The number of nitrogens with two attached hydrogens (primary N) is 1. The van der Waals surface area contributed by atoms with Crippen LogP contribution in [0.25, 0.3) is 0 Å². The van der Waals surface area contributed by atoms with E-state index in [0.29, 0.717) is 68.9 Å². The minimum absolute atomic E-state index is 0.0197. The average molecular weight is 883 g/mol. The van der Waals surface area contributed by atoms with Gasteiger partial charge in [0.25, 0.3) is 5.91 Å². The van der Waals surface area contributed by atoms with E-state index in [2.05, 4.69) is 36.5 Å². The third-order valence-corrected chi connectivity index (χ3v) is 12.1. The number of rotatable bonds is 18. The number of nitrogens with one attached hydrogen (secondary N) is 5. The minimum atomic E-state index is -1.12. The molecule has 3 heterocycles. The van der Waals surface area contributed by atoms with Crippen LogP contribution >= 0.6 is 0 Å². The van der Waals surface area contributed by atoms with Gasteiger partial charge < -0.3 is 37.0 Å². The van der Waals surface area contributed by atoms with Crippen molar-refractivity contribution in [2.24, 2.45) is 16.6 Å². The van der Waals surface area contributed by atoms with Crippen molar-refractivity contribution in [2.75, 3.05) is 57.7 Å². The number of hydrogen-bond acceptors (Lipinski definition) is 12. The maximum absolute atomic E-state index is 13.9. The highest BCUT2D eigenvalue weighted by atomic mass is 16.3. The molecule has 3 aliphatic heterocycles. The minimum Gasteiger partial charge on any atom is -0.511 e. The van der Waals surface area contributed by atoms with Crippen LogP contribution in [0.3, 0.4) is 0 Å². The Morgan fingerprint density at radius 1 is 0.938 bits per heavy atom. The molecule has 0 spiro atoms. The van der Waals surface area contributed by atoms with E-state index in [4.69, 9.17) is 5.73 Å². The van der Waals surface area contributed by atoms with E-state index < -0.39 is 53.7 Å². The molecule has 0 bridgehead atoms. The molecule has 2 unspecified atom stereocenters. The largest absolute Gasteiger partial charge is 0.511 e.